The lowest BCUT2D eigenvalue weighted by atomic mass is 10.0. The zero-order chi connectivity index (χ0) is 33.7. The van der Waals surface area contributed by atoms with Crippen LogP contribution in [0.4, 0.5) is 17.1 Å². The van der Waals surface area contributed by atoms with Crippen LogP contribution < -0.4 is 21.1 Å². The summed E-state index contributed by atoms with van der Waals surface area (Å²) in [5, 5.41) is 24.9. The number of nitro groups is 1. The van der Waals surface area contributed by atoms with Crippen molar-refractivity contribution in [1.29, 1.82) is 0 Å². The Kier molecular flexibility index (Phi) is 10.5. The first-order valence-corrected chi connectivity index (χ1v) is 16.6. The number of carbonyl (C=O) groups excluding carboxylic acids is 4. The molecule has 0 saturated carbocycles. The van der Waals surface area contributed by atoms with Crippen LogP contribution >= 0.6 is 0 Å². The lowest BCUT2D eigenvalue weighted by Crippen LogP contribution is -2.54. The summed E-state index contributed by atoms with van der Waals surface area (Å²) >= 11 is 0. The van der Waals surface area contributed by atoms with Gasteiger partial charge >= 0.3 is 0 Å². The highest BCUT2D eigenvalue weighted by Crippen LogP contribution is 2.32. The average molecular weight is 673 g/mol. The summed E-state index contributed by atoms with van der Waals surface area (Å²) in [7, 11) is -4.05. The maximum absolute atomic E-state index is 13.2. The van der Waals surface area contributed by atoms with Crippen molar-refractivity contribution in [3.8, 4) is 0 Å². The number of imide groups is 2. The number of piperidine rings is 1. The zero-order valence-corrected chi connectivity index (χ0v) is 26.3. The third-order valence-electron chi connectivity index (χ3n) is 8.28. The Morgan fingerprint density at radius 1 is 0.936 bits per heavy atom. The molecule has 0 radical (unpaired) electrons. The molecule has 3 heterocycles. The molecule has 3 aliphatic rings. The predicted octanol–water partition coefficient (Wildman–Crippen LogP) is -0.198. The Morgan fingerprint density at radius 3 is 2.32 bits per heavy atom. The Balaban J connectivity index is 0.995. The van der Waals surface area contributed by atoms with Gasteiger partial charge in [0.1, 0.15) is 11.7 Å². The number of nitrogens with zero attached hydrogens (tertiary/aromatic N) is 4. The van der Waals surface area contributed by atoms with Crippen molar-refractivity contribution in [3.63, 3.8) is 0 Å². The zero-order valence-electron chi connectivity index (χ0n) is 25.5. The van der Waals surface area contributed by atoms with E-state index < -0.39 is 44.6 Å². The largest absolute Gasteiger partial charge is 0.382 e. The highest BCUT2D eigenvalue weighted by Gasteiger charge is 2.45. The molecule has 1 atom stereocenters. The fraction of sp³-hybridized carbons (Fsp3) is 0.448. The molecule has 0 spiro atoms. The Hall–Kier alpha value is -4.49. The standard InChI is InChI=1S/C29H36N8O9S/c30-47(44,45)19-4-5-21(24(18-19)37(42)43)31-8-10-34-11-13-35(14-12-34)15-17-46-16-9-32-22-3-1-2-20-26(22)29(41)36(28(20)40)23-6-7-25(38)33-27(23)39/h1-5,18,23,31-32H,6-17H2,(H2,30,44,45)(H,33,38,39). The van der Waals surface area contributed by atoms with Crippen LogP contribution in [0.3, 0.4) is 0 Å². The van der Waals surface area contributed by atoms with E-state index in [1.807, 2.05) is 0 Å². The summed E-state index contributed by atoms with van der Waals surface area (Å²) in [6, 6.07) is 7.40. The number of primary sulfonamides is 1. The second-order valence-electron chi connectivity index (χ2n) is 11.3. The number of hydrogen-bond acceptors (Lipinski definition) is 13. The van der Waals surface area contributed by atoms with Crippen LogP contribution in [0.2, 0.25) is 0 Å². The van der Waals surface area contributed by atoms with Crippen molar-refractivity contribution in [2.75, 3.05) is 76.2 Å². The van der Waals surface area contributed by atoms with E-state index in [1.54, 1.807) is 18.2 Å². The predicted molar refractivity (Wildman–Crippen MR) is 168 cm³/mol. The van der Waals surface area contributed by atoms with Gasteiger partial charge in [0, 0.05) is 70.5 Å². The molecule has 1 unspecified atom stereocenters. The molecule has 0 bridgehead atoms. The number of nitrogens with two attached hydrogens (primary N) is 1. The van der Waals surface area contributed by atoms with E-state index in [4.69, 9.17) is 9.88 Å². The van der Waals surface area contributed by atoms with Gasteiger partial charge in [-0.2, -0.15) is 0 Å². The minimum absolute atomic E-state index is 0.0536. The van der Waals surface area contributed by atoms with Gasteiger partial charge in [0.15, 0.2) is 0 Å². The molecular formula is C29H36N8O9S. The topological polar surface area (TPSA) is 227 Å². The lowest BCUT2D eigenvalue weighted by molar-refractivity contribution is -0.384. The van der Waals surface area contributed by atoms with Gasteiger partial charge in [0.25, 0.3) is 17.5 Å². The normalized spacial score (nSPS) is 19.1. The van der Waals surface area contributed by atoms with Crippen molar-refractivity contribution >= 4 is 50.7 Å². The summed E-state index contributed by atoms with van der Waals surface area (Å²) in [5.74, 6) is -2.21. The van der Waals surface area contributed by atoms with E-state index >= 15 is 0 Å². The van der Waals surface area contributed by atoms with Crippen molar-refractivity contribution in [2.45, 2.75) is 23.8 Å². The molecule has 5 N–H and O–H groups in total. The number of sulfonamides is 1. The van der Waals surface area contributed by atoms with Gasteiger partial charge in [-0.25, -0.2) is 13.6 Å². The molecule has 2 fully saturated rings. The van der Waals surface area contributed by atoms with Crippen LogP contribution in [0, 0.1) is 10.1 Å². The second kappa shape index (κ2) is 14.5. The highest BCUT2D eigenvalue weighted by molar-refractivity contribution is 7.89. The number of nitro benzene ring substituents is 1. The van der Waals surface area contributed by atoms with Gasteiger partial charge in [0.2, 0.25) is 21.8 Å². The smallest absolute Gasteiger partial charge is 0.293 e. The van der Waals surface area contributed by atoms with E-state index in [-0.39, 0.29) is 40.2 Å². The fourth-order valence-corrected chi connectivity index (χ4v) is 6.32. The molecule has 2 aromatic rings. The van der Waals surface area contributed by atoms with Gasteiger partial charge in [-0.3, -0.25) is 49.3 Å². The maximum Gasteiger partial charge on any atom is 0.293 e. The minimum atomic E-state index is -4.05. The number of benzene rings is 2. The quantitative estimate of drug-likeness (QED) is 0.0884. The number of piperazine rings is 1. The number of nitrogens with one attached hydrogen (secondary N) is 3. The number of amides is 4. The SMILES string of the molecule is NS(=O)(=O)c1ccc(NCCN2CCN(CCOCCNc3cccc4c3C(=O)N(C3CCC(=O)NC3=O)C4=O)CC2)c([N+](=O)[O-])c1. The molecule has 4 amide bonds. The Labute approximate surface area is 270 Å². The fourth-order valence-electron chi connectivity index (χ4n) is 5.79. The van der Waals surface area contributed by atoms with E-state index in [0.29, 0.717) is 38.5 Å². The summed E-state index contributed by atoms with van der Waals surface area (Å²) in [5.41, 5.74) is 0.747. The van der Waals surface area contributed by atoms with Crippen molar-refractivity contribution in [2.24, 2.45) is 5.14 Å². The van der Waals surface area contributed by atoms with Crippen LogP contribution in [0.1, 0.15) is 33.6 Å². The van der Waals surface area contributed by atoms with Gasteiger partial charge < -0.3 is 15.4 Å². The third kappa shape index (κ3) is 7.91. The first kappa shape index (κ1) is 33.9. The molecule has 0 aliphatic carbocycles. The van der Waals surface area contributed by atoms with Gasteiger partial charge in [-0.1, -0.05) is 6.07 Å². The molecule has 2 aromatic carbocycles. The number of rotatable bonds is 14. The lowest BCUT2D eigenvalue weighted by Gasteiger charge is -2.34. The molecule has 3 aliphatic heterocycles. The summed E-state index contributed by atoms with van der Waals surface area (Å²) in [6.07, 6.45) is 0.145. The molecule has 18 heteroatoms. The van der Waals surface area contributed by atoms with Crippen LogP contribution in [0.5, 0.6) is 0 Å². The van der Waals surface area contributed by atoms with Crippen LogP contribution in [0.15, 0.2) is 41.3 Å². The van der Waals surface area contributed by atoms with Crippen LogP contribution in [0.25, 0.3) is 0 Å². The van der Waals surface area contributed by atoms with E-state index in [0.717, 1.165) is 43.7 Å². The summed E-state index contributed by atoms with van der Waals surface area (Å²) in [6.45, 7) is 6.30. The van der Waals surface area contributed by atoms with Crippen molar-refractivity contribution in [3.05, 3.63) is 57.6 Å². The Bertz CT molecular complexity index is 1680. The van der Waals surface area contributed by atoms with Gasteiger partial charge in [-0.05, 0) is 30.7 Å². The average Bonchev–Trinajstić information content (AvgIpc) is 3.28. The Morgan fingerprint density at radius 2 is 1.64 bits per heavy atom. The summed E-state index contributed by atoms with van der Waals surface area (Å²) in [4.78, 5) is 65.9. The molecule has 17 nitrogen and oxygen atoms in total. The number of fused-ring (bicyclic) bond motifs is 1. The molecule has 47 heavy (non-hydrogen) atoms. The van der Waals surface area contributed by atoms with Crippen molar-refractivity contribution in [1.82, 2.24) is 20.0 Å². The summed E-state index contributed by atoms with van der Waals surface area (Å²) < 4.78 is 28.8. The first-order chi connectivity index (χ1) is 22.4. The van der Waals surface area contributed by atoms with Gasteiger partial charge in [0.05, 0.1) is 34.2 Å². The monoisotopic (exact) mass is 672 g/mol. The van der Waals surface area contributed by atoms with E-state index in [2.05, 4.69) is 25.8 Å². The third-order valence-corrected chi connectivity index (χ3v) is 9.20. The molecule has 5 rings (SSSR count). The maximum atomic E-state index is 13.2. The van der Waals surface area contributed by atoms with E-state index in [1.165, 1.54) is 12.1 Å². The van der Waals surface area contributed by atoms with Crippen molar-refractivity contribution < 1.29 is 37.3 Å². The van der Waals surface area contributed by atoms with E-state index in [9.17, 15) is 37.7 Å². The number of ether oxygens (including phenoxy) is 1. The molecule has 252 valence electrons. The van der Waals surface area contributed by atoms with Crippen LogP contribution in [-0.2, 0) is 24.3 Å². The van der Waals surface area contributed by atoms with Crippen LogP contribution in [-0.4, -0.2) is 123 Å². The molecule has 0 aromatic heterocycles. The number of anilines is 2. The number of carbonyl (C=O) groups is 4. The number of hydrogen-bond donors (Lipinski definition) is 4. The van der Waals surface area contributed by atoms with Gasteiger partial charge in [-0.15, -0.1) is 0 Å². The molecular weight excluding hydrogens is 636 g/mol. The molecule has 2 saturated heterocycles. The highest BCUT2D eigenvalue weighted by atomic mass is 32.2. The minimum Gasteiger partial charge on any atom is -0.382 e. The second-order valence-corrected chi connectivity index (χ2v) is 12.9. The first-order valence-electron chi connectivity index (χ1n) is 15.1.